The Labute approximate surface area is 165 Å². The Morgan fingerprint density at radius 2 is 1.96 bits per heavy atom. The molecule has 2 aromatic rings. The molecule has 0 aromatic carbocycles. The Balaban J connectivity index is 1.21. The second-order valence-corrected chi connectivity index (χ2v) is 8.74. The van der Waals surface area contributed by atoms with E-state index in [2.05, 4.69) is 33.0 Å². The Hall–Kier alpha value is -1.89. The second-order valence-electron chi connectivity index (χ2n) is 8.74. The number of aromatic nitrogens is 1. The molecule has 5 aliphatic rings. The summed E-state index contributed by atoms with van der Waals surface area (Å²) in [6, 6.07) is 6.38. The minimum atomic E-state index is -0.0465. The normalized spacial score (nSPS) is 31.9. The molecule has 148 valence electrons. The van der Waals surface area contributed by atoms with E-state index in [0.29, 0.717) is 5.92 Å². The minimum absolute atomic E-state index is 0.0465. The van der Waals surface area contributed by atoms with E-state index in [1.165, 1.54) is 31.5 Å². The number of fused-ring (bicyclic) bond motifs is 3. The lowest BCUT2D eigenvalue weighted by Gasteiger charge is -2.50. The molecule has 2 aromatic heterocycles. The van der Waals surface area contributed by atoms with Crippen molar-refractivity contribution in [2.24, 2.45) is 5.92 Å². The van der Waals surface area contributed by atoms with E-state index in [0.717, 1.165) is 68.8 Å². The van der Waals surface area contributed by atoms with Gasteiger partial charge in [0.05, 0.1) is 19.8 Å². The Kier molecular flexibility index (Phi) is 4.00. The summed E-state index contributed by atoms with van der Waals surface area (Å²) in [5.74, 6) is 3.40. The van der Waals surface area contributed by atoms with Crippen LogP contribution in [0, 0.1) is 5.92 Å². The first-order valence-electron chi connectivity index (χ1n) is 10.6. The number of nitrogens with zero attached hydrogens (tertiary/aromatic N) is 3. The molecule has 1 spiro atoms. The van der Waals surface area contributed by atoms with Crippen LogP contribution in [-0.2, 0) is 17.7 Å². The number of hydrogen-bond acceptors (Lipinski definition) is 6. The lowest BCUT2D eigenvalue weighted by molar-refractivity contribution is -0.0814. The first-order valence-corrected chi connectivity index (χ1v) is 10.6. The van der Waals surface area contributed by atoms with Crippen LogP contribution in [0.4, 0.5) is 0 Å². The standard InChI is InChI=1S/C22H27N3O3/c1-2-20(27-19(1)14-24-7-9-26-10-8-24)17-11-16-12-22(28-21(16)23-13-17)15-25-5-3-18(22)4-6-25/h1-2,11,13,18H,3-10,12,14-15H2. The molecule has 28 heavy (non-hydrogen) atoms. The number of ether oxygens (including phenoxy) is 2. The summed E-state index contributed by atoms with van der Waals surface area (Å²) in [5.41, 5.74) is 2.24. The van der Waals surface area contributed by atoms with Crippen LogP contribution in [0.25, 0.3) is 11.3 Å². The summed E-state index contributed by atoms with van der Waals surface area (Å²) in [6.07, 6.45) is 5.39. The molecule has 1 atom stereocenters. The molecule has 6 nitrogen and oxygen atoms in total. The maximum absolute atomic E-state index is 6.46. The average molecular weight is 381 g/mol. The van der Waals surface area contributed by atoms with Crippen LogP contribution >= 0.6 is 0 Å². The smallest absolute Gasteiger partial charge is 0.217 e. The molecule has 0 N–H and O–H groups in total. The topological polar surface area (TPSA) is 51.0 Å². The van der Waals surface area contributed by atoms with Gasteiger partial charge in [0.1, 0.15) is 17.1 Å². The predicted molar refractivity (Wildman–Crippen MR) is 104 cm³/mol. The van der Waals surface area contributed by atoms with Crippen LogP contribution in [0.1, 0.15) is 24.2 Å². The van der Waals surface area contributed by atoms with Crippen molar-refractivity contribution in [3.05, 3.63) is 35.7 Å². The van der Waals surface area contributed by atoms with E-state index in [-0.39, 0.29) is 5.60 Å². The van der Waals surface area contributed by atoms with Gasteiger partial charge in [-0.1, -0.05) is 0 Å². The average Bonchev–Trinajstić information content (AvgIpc) is 3.33. The van der Waals surface area contributed by atoms with Gasteiger partial charge in [0.15, 0.2) is 0 Å². The van der Waals surface area contributed by atoms with Crippen molar-refractivity contribution in [3.8, 4) is 17.2 Å². The Bertz CT molecular complexity index is 868. The molecule has 0 saturated carbocycles. The van der Waals surface area contributed by atoms with Crippen LogP contribution in [-0.4, -0.2) is 66.3 Å². The van der Waals surface area contributed by atoms with Gasteiger partial charge < -0.3 is 13.9 Å². The van der Waals surface area contributed by atoms with Crippen molar-refractivity contribution in [1.82, 2.24) is 14.8 Å². The van der Waals surface area contributed by atoms with E-state index in [1.807, 2.05) is 6.20 Å². The molecule has 7 rings (SSSR count). The molecule has 1 unspecified atom stereocenters. The van der Waals surface area contributed by atoms with E-state index in [1.54, 1.807) is 0 Å². The third kappa shape index (κ3) is 2.86. The van der Waals surface area contributed by atoms with Crippen molar-refractivity contribution < 1.29 is 13.9 Å². The zero-order valence-corrected chi connectivity index (χ0v) is 16.2. The Morgan fingerprint density at radius 1 is 1.11 bits per heavy atom. The fourth-order valence-electron chi connectivity index (χ4n) is 5.44. The van der Waals surface area contributed by atoms with Gasteiger partial charge in [-0.15, -0.1) is 0 Å². The summed E-state index contributed by atoms with van der Waals surface area (Å²) in [4.78, 5) is 9.59. The highest BCUT2D eigenvalue weighted by Gasteiger charge is 2.52. The number of furan rings is 1. The maximum Gasteiger partial charge on any atom is 0.217 e. The molecule has 0 radical (unpaired) electrons. The number of morpholine rings is 1. The van der Waals surface area contributed by atoms with Crippen LogP contribution in [0.15, 0.2) is 28.8 Å². The molecule has 7 heterocycles. The number of pyridine rings is 1. The molecular weight excluding hydrogens is 354 g/mol. The van der Waals surface area contributed by atoms with Gasteiger partial charge in [0, 0.05) is 49.3 Å². The van der Waals surface area contributed by atoms with Gasteiger partial charge in [-0.2, -0.15) is 0 Å². The van der Waals surface area contributed by atoms with Gasteiger partial charge in [-0.25, -0.2) is 4.98 Å². The highest BCUT2D eigenvalue weighted by atomic mass is 16.5. The van der Waals surface area contributed by atoms with Crippen molar-refractivity contribution in [2.45, 2.75) is 31.4 Å². The molecular formula is C22H27N3O3. The lowest BCUT2D eigenvalue weighted by atomic mass is 9.73. The van der Waals surface area contributed by atoms with Crippen molar-refractivity contribution >= 4 is 0 Å². The summed E-state index contributed by atoms with van der Waals surface area (Å²) < 4.78 is 18.0. The summed E-state index contributed by atoms with van der Waals surface area (Å²) in [6.45, 7) is 7.89. The van der Waals surface area contributed by atoms with E-state index < -0.39 is 0 Å². The van der Waals surface area contributed by atoms with E-state index in [4.69, 9.17) is 13.9 Å². The predicted octanol–water partition coefficient (Wildman–Crippen LogP) is 2.57. The van der Waals surface area contributed by atoms with Gasteiger partial charge in [-0.3, -0.25) is 9.80 Å². The maximum atomic E-state index is 6.46. The first kappa shape index (κ1) is 17.0. The van der Waals surface area contributed by atoms with Crippen LogP contribution in [0.5, 0.6) is 5.88 Å². The second kappa shape index (κ2) is 6.58. The van der Waals surface area contributed by atoms with Crippen LogP contribution < -0.4 is 4.74 Å². The SMILES string of the molecule is c1nc2c(cc1-c1ccc(CN3CCOCC3)o1)CC1(CN3CCC1CC3)O2. The minimum Gasteiger partial charge on any atom is -0.469 e. The quantitative estimate of drug-likeness (QED) is 0.815. The molecule has 4 saturated heterocycles. The van der Waals surface area contributed by atoms with Gasteiger partial charge in [-0.05, 0) is 44.1 Å². The first-order chi connectivity index (χ1) is 13.8. The zero-order valence-electron chi connectivity index (χ0n) is 16.2. The third-order valence-electron chi connectivity index (χ3n) is 6.97. The number of rotatable bonds is 3. The fourth-order valence-corrected chi connectivity index (χ4v) is 5.44. The molecule has 4 fully saturated rings. The van der Waals surface area contributed by atoms with Crippen LogP contribution in [0.2, 0.25) is 0 Å². The van der Waals surface area contributed by atoms with Crippen LogP contribution in [0.3, 0.4) is 0 Å². The van der Waals surface area contributed by atoms with Gasteiger partial charge in [0.25, 0.3) is 0 Å². The lowest BCUT2D eigenvalue weighted by Crippen LogP contribution is -2.61. The monoisotopic (exact) mass is 381 g/mol. The largest absolute Gasteiger partial charge is 0.469 e. The molecule has 0 aliphatic carbocycles. The number of hydrogen-bond donors (Lipinski definition) is 0. The summed E-state index contributed by atoms with van der Waals surface area (Å²) >= 11 is 0. The molecule has 2 bridgehead atoms. The molecule has 5 aliphatic heterocycles. The summed E-state index contributed by atoms with van der Waals surface area (Å²) in [5, 5.41) is 0. The number of piperidine rings is 3. The van der Waals surface area contributed by atoms with Crippen molar-refractivity contribution in [3.63, 3.8) is 0 Å². The van der Waals surface area contributed by atoms with Gasteiger partial charge >= 0.3 is 0 Å². The fraction of sp³-hybridized carbons (Fsp3) is 0.591. The van der Waals surface area contributed by atoms with Crippen molar-refractivity contribution in [1.29, 1.82) is 0 Å². The summed E-state index contributed by atoms with van der Waals surface area (Å²) in [7, 11) is 0. The van der Waals surface area contributed by atoms with E-state index >= 15 is 0 Å². The molecule has 6 heteroatoms. The molecule has 0 amide bonds. The zero-order chi connectivity index (χ0) is 18.6. The van der Waals surface area contributed by atoms with Crippen molar-refractivity contribution in [2.75, 3.05) is 45.9 Å². The van der Waals surface area contributed by atoms with Gasteiger partial charge in [0.2, 0.25) is 5.88 Å². The highest BCUT2D eigenvalue weighted by Crippen LogP contribution is 2.46. The Morgan fingerprint density at radius 3 is 2.75 bits per heavy atom. The third-order valence-corrected chi connectivity index (χ3v) is 6.97. The van der Waals surface area contributed by atoms with E-state index in [9.17, 15) is 0 Å². The highest BCUT2D eigenvalue weighted by molar-refractivity contribution is 5.59.